The van der Waals surface area contributed by atoms with Crippen LogP contribution < -0.4 is 4.90 Å². The van der Waals surface area contributed by atoms with E-state index in [1.54, 1.807) is 0 Å². The van der Waals surface area contributed by atoms with Crippen molar-refractivity contribution in [3.8, 4) is 0 Å². The van der Waals surface area contributed by atoms with Crippen molar-refractivity contribution in [2.24, 2.45) is 0 Å². The van der Waals surface area contributed by atoms with Crippen molar-refractivity contribution in [2.75, 3.05) is 38.7 Å². The molecular formula is C18H21N3O5S. The van der Waals surface area contributed by atoms with E-state index in [-0.39, 0.29) is 36.4 Å². The first-order chi connectivity index (χ1) is 12.8. The van der Waals surface area contributed by atoms with Crippen LogP contribution in [0.5, 0.6) is 0 Å². The van der Waals surface area contributed by atoms with E-state index >= 15 is 0 Å². The predicted molar refractivity (Wildman–Crippen MR) is 101 cm³/mol. The zero-order valence-electron chi connectivity index (χ0n) is 15.1. The molecule has 144 valence electrons. The molecule has 2 aromatic rings. The normalized spacial score (nSPS) is 18.2. The molecule has 1 fully saturated rings. The Labute approximate surface area is 158 Å². The van der Waals surface area contributed by atoms with Gasteiger partial charge in [-0.3, -0.25) is 10.1 Å². The Balaban J connectivity index is 1.82. The van der Waals surface area contributed by atoms with Crippen LogP contribution in [0.1, 0.15) is 11.7 Å². The number of nitro groups is 1. The number of hydrogen-bond donors (Lipinski definition) is 0. The fraction of sp³-hybridized carbons (Fsp3) is 0.333. The van der Waals surface area contributed by atoms with Gasteiger partial charge in [0.05, 0.1) is 22.5 Å². The summed E-state index contributed by atoms with van der Waals surface area (Å²) in [6.07, 6.45) is -0.386. The third kappa shape index (κ3) is 4.10. The van der Waals surface area contributed by atoms with Crippen molar-refractivity contribution in [3.63, 3.8) is 0 Å². The smallest absolute Gasteiger partial charge is 0.270 e. The number of nitro benzene ring substituents is 1. The number of non-ortho nitro benzene ring substituents is 1. The van der Waals surface area contributed by atoms with E-state index in [0.29, 0.717) is 0 Å². The molecule has 1 saturated heterocycles. The molecule has 1 atom stereocenters. The Morgan fingerprint density at radius 3 is 2.52 bits per heavy atom. The Hall–Kier alpha value is -2.49. The molecule has 0 radical (unpaired) electrons. The largest absolute Gasteiger partial charge is 0.378 e. The molecule has 1 aliphatic heterocycles. The van der Waals surface area contributed by atoms with Crippen LogP contribution in [0, 0.1) is 10.1 Å². The average Bonchev–Trinajstić information content (AvgIpc) is 2.68. The fourth-order valence-corrected chi connectivity index (χ4v) is 4.40. The van der Waals surface area contributed by atoms with E-state index in [4.69, 9.17) is 4.74 Å². The summed E-state index contributed by atoms with van der Waals surface area (Å²) in [5.74, 6) is 0. The van der Waals surface area contributed by atoms with Crippen LogP contribution in [0.4, 0.5) is 11.4 Å². The molecule has 0 spiro atoms. The minimum atomic E-state index is -3.84. The van der Waals surface area contributed by atoms with Crippen LogP contribution >= 0.6 is 0 Å². The van der Waals surface area contributed by atoms with Crippen LogP contribution in [0.3, 0.4) is 0 Å². The monoisotopic (exact) mass is 391 g/mol. The number of sulfonamides is 1. The maximum Gasteiger partial charge on any atom is 0.270 e. The van der Waals surface area contributed by atoms with Gasteiger partial charge in [0.1, 0.15) is 0 Å². The standard InChI is InChI=1S/C18H21N3O5S/c1-19(2)15-8-6-14(7-9-15)18-13-20(10-11-26-18)27(24,25)17-5-3-4-16(12-17)21(22)23/h3-9,12,18H,10-11,13H2,1-2H3. The molecule has 0 aromatic heterocycles. The van der Waals surface area contributed by atoms with Crippen LogP contribution in [-0.2, 0) is 14.8 Å². The average molecular weight is 391 g/mol. The van der Waals surface area contributed by atoms with Gasteiger partial charge in [0.25, 0.3) is 5.69 Å². The van der Waals surface area contributed by atoms with Crippen LogP contribution in [0.25, 0.3) is 0 Å². The van der Waals surface area contributed by atoms with Gasteiger partial charge in [-0.1, -0.05) is 18.2 Å². The Bertz CT molecular complexity index is 928. The maximum atomic E-state index is 12.9. The first-order valence-electron chi connectivity index (χ1n) is 8.42. The number of ether oxygens (including phenoxy) is 1. The molecule has 0 N–H and O–H groups in total. The second-order valence-corrected chi connectivity index (χ2v) is 8.40. The molecule has 8 nitrogen and oxygen atoms in total. The third-order valence-corrected chi connectivity index (χ3v) is 6.34. The Kier molecular flexibility index (Phi) is 5.45. The lowest BCUT2D eigenvalue weighted by Crippen LogP contribution is -2.42. The second kappa shape index (κ2) is 7.63. The summed E-state index contributed by atoms with van der Waals surface area (Å²) in [7, 11) is 0.0479. The van der Waals surface area contributed by atoms with Crippen molar-refractivity contribution >= 4 is 21.4 Å². The number of anilines is 1. The van der Waals surface area contributed by atoms with E-state index in [2.05, 4.69) is 0 Å². The van der Waals surface area contributed by atoms with Crippen molar-refractivity contribution in [1.29, 1.82) is 0 Å². The zero-order valence-corrected chi connectivity index (χ0v) is 15.9. The van der Waals surface area contributed by atoms with Gasteiger partial charge in [0, 0.05) is 45.0 Å². The zero-order chi connectivity index (χ0) is 19.6. The molecule has 0 aliphatic carbocycles. The van der Waals surface area contributed by atoms with Gasteiger partial charge in [0.15, 0.2) is 0 Å². The van der Waals surface area contributed by atoms with E-state index < -0.39 is 14.9 Å². The molecule has 1 unspecified atom stereocenters. The van der Waals surface area contributed by atoms with Gasteiger partial charge in [-0.2, -0.15) is 4.31 Å². The summed E-state index contributed by atoms with van der Waals surface area (Å²) < 4.78 is 32.9. The van der Waals surface area contributed by atoms with Gasteiger partial charge >= 0.3 is 0 Å². The molecule has 2 aromatic carbocycles. The molecule has 0 bridgehead atoms. The van der Waals surface area contributed by atoms with E-state index in [1.807, 2.05) is 43.3 Å². The molecule has 0 amide bonds. The predicted octanol–water partition coefficient (Wildman–Crippen LogP) is 2.42. The van der Waals surface area contributed by atoms with Gasteiger partial charge in [0.2, 0.25) is 10.0 Å². The highest BCUT2D eigenvalue weighted by Gasteiger charge is 2.32. The van der Waals surface area contributed by atoms with Crippen molar-refractivity contribution in [1.82, 2.24) is 4.31 Å². The lowest BCUT2D eigenvalue weighted by Gasteiger charge is -2.32. The summed E-state index contributed by atoms with van der Waals surface area (Å²) in [5.41, 5.74) is 1.68. The summed E-state index contributed by atoms with van der Waals surface area (Å²) in [4.78, 5) is 12.2. The van der Waals surface area contributed by atoms with Gasteiger partial charge in [-0.25, -0.2) is 8.42 Å². The summed E-state index contributed by atoms with van der Waals surface area (Å²) in [6.45, 7) is 0.623. The van der Waals surface area contributed by atoms with E-state index in [1.165, 1.54) is 22.5 Å². The van der Waals surface area contributed by atoms with Crippen molar-refractivity contribution in [2.45, 2.75) is 11.0 Å². The fourth-order valence-electron chi connectivity index (χ4n) is 2.94. The van der Waals surface area contributed by atoms with Crippen molar-refractivity contribution < 1.29 is 18.1 Å². The van der Waals surface area contributed by atoms with E-state index in [0.717, 1.165) is 17.3 Å². The van der Waals surface area contributed by atoms with Crippen molar-refractivity contribution in [3.05, 3.63) is 64.2 Å². The number of hydrogen-bond acceptors (Lipinski definition) is 6. The lowest BCUT2D eigenvalue weighted by molar-refractivity contribution is -0.385. The SMILES string of the molecule is CN(C)c1ccc(C2CN(S(=O)(=O)c3cccc([N+](=O)[O-])c3)CCO2)cc1. The molecule has 27 heavy (non-hydrogen) atoms. The quantitative estimate of drug-likeness (QED) is 0.574. The highest BCUT2D eigenvalue weighted by molar-refractivity contribution is 7.89. The van der Waals surface area contributed by atoms with E-state index in [9.17, 15) is 18.5 Å². The molecular weight excluding hydrogens is 370 g/mol. The molecule has 9 heteroatoms. The number of benzene rings is 2. The van der Waals surface area contributed by atoms with Gasteiger partial charge in [-0.05, 0) is 23.8 Å². The maximum absolute atomic E-state index is 12.9. The number of rotatable bonds is 5. The first kappa shape index (κ1) is 19.3. The first-order valence-corrected chi connectivity index (χ1v) is 9.86. The molecule has 1 aliphatic rings. The molecule has 0 saturated carbocycles. The minimum absolute atomic E-state index is 0.0831. The second-order valence-electron chi connectivity index (χ2n) is 6.46. The summed E-state index contributed by atoms with van der Waals surface area (Å²) in [5, 5.41) is 10.9. The van der Waals surface area contributed by atoms with Gasteiger partial charge < -0.3 is 9.64 Å². The number of nitrogens with zero attached hydrogens (tertiary/aromatic N) is 3. The number of morpholine rings is 1. The third-order valence-electron chi connectivity index (χ3n) is 4.48. The topological polar surface area (TPSA) is 93.0 Å². The minimum Gasteiger partial charge on any atom is -0.378 e. The van der Waals surface area contributed by atoms with Crippen LogP contribution in [0.2, 0.25) is 0 Å². The highest BCUT2D eigenvalue weighted by Crippen LogP contribution is 2.28. The summed E-state index contributed by atoms with van der Waals surface area (Å²) in [6, 6.07) is 12.9. The molecule has 3 rings (SSSR count). The van der Waals surface area contributed by atoms with Gasteiger partial charge in [-0.15, -0.1) is 0 Å². The van der Waals surface area contributed by atoms with Crippen LogP contribution in [-0.4, -0.2) is 51.4 Å². The van der Waals surface area contributed by atoms with Crippen LogP contribution in [0.15, 0.2) is 53.4 Å². The highest BCUT2D eigenvalue weighted by atomic mass is 32.2. The summed E-state index contributed by atoms with van der Waals surface area (Å²) >= 11 is 0. The Morgan fingerprint density at radius 1 is 1.19 bits per heavy atom. The Morgan fingerprint density at radius 2 is 1.89 bits per heavy atom. The lowest BCUT2D eigenvalue weighted by atomic mass is 10.1. The molecule has 1 heterocycles.